The van der Waals surface area contributed by atoms with Crippen molar-refractivity contribution >= 4 is 28.3 Å². The zero-order chi connectivity index (χ0) is 23.2. The molecule has 1 aromatic heterocycles. The fourth-order valence-corrected chi connectivity index (χ4v) is 3.37. The van der Waals surface area contributed by atoms with E-state index < -0.39 is 17.9 Å². The number of aromatic amines is 1. The molecule has 8 nitrogen and oxygen atoms in total. The summed E-state index contributed by atoms with van der Waals surface area (Å²) in [7, 11) is 0. The normalized spacial score (nSPS) is 12.2. The Bertz CT molecular complexity index is 1380. The lowest BCUT2D eigenvalue weighted by atomic mass is 10.0. The zero-order valence-electron chi connectivity index (χ0n) is 17.8. The Morgan fingerprint density at radius 3 is 2.09 bits per heavy atom. The van der Waals surface area contributed by atoms with Crippen LogP contribution in [-0.4, -0.2) is 27.7 Å². The van der Waals surface area contributed by atoms with E-state index >= 15 is 0 Å². The van der Waals surface area contributed by atoms with Crippen molar-refractivity contribution in [3.05, 3.63) is 112 Å². The Morgan fingerprint density at radius 2 is 1.42 bits per heavy atom. The fourth-order valence-electron chi connectivity index (χ4n) is 3.37. The number of H-pyrrole nitrogens is 1. The second-order valence-corrected chi connectivity index (χ2v) is 7.30. The predicted molar refractivity (Wildman–Crippen MR) is 126 cm³/mol. The molecule has 0 aliphatic carbocycles. The number of benzene rings is 3. The number of carbonyl (C=O) groups excluding carboxylic acids is 2. The van der Waals surface area contributed by atoms with E-state index in [2.05, 4.69) is 26.0 Å². The second-order valence-electron chi connectivity index (χ2n) is 7.30. The Morgan fingerprint density at radius 1 is 0.848 bits per heavy atom. The summed E-state index contributed by atoms with van der Waals surface area (Å²) < 4.78 is 0. The highest BCUT2D eigenvalue weighted by Gasteiger charge is 2.27. The van der Waals surface area contributed by atoms with Gasteiger partial charge in [-0.25, -0.2) is 10.5 Å². The van der Waals surface area contributed by atoms with Crippen molar-refractivity contribution in [1.29, 1.82) is 0 Å². The quantitative estimate of drug-likeness (QED) is 0.316. The minimum Gasteiger partial charge on any atom is -0.335 e. The van der Waals surface area contributed by atoms with Crippen LogP contribution in [0.4, 0.5) is 0 Å². The molecule has 0 spiro atoms. The van der Waals surface area contributed by atoms with Crippen LogP contribution in [0.1, 0.15) is 34.6 Å². The van der Waals surface area contributed by atoms with Crippen molar-refractivity contribution in [2.45, 2.75) is 13.0 Å². The Labute approximate surface area is 189 Å². The van der Waals surface area contributed by atoms with Gasteiger partial charge in [-0.1, -0.05) is 66.7 Å². The molecule has 0 saturated heterocycles. The summed E-state index contributed by atoms with van der Waals surface area (Å²) in [5.41, 5.74) is 4.16. The van der Waals surface area contributed by atoms with Gasteiger partial charge in [0.25, 0.3) is 17.4 Å². The Balaban J connectivity index is 1.70. The minimum absolute atomic E-state index is 0.208. The van der Waals surface area contributed by atoms with Crippen molar-refractivity contribution in [2.75, 3.05) is 0 Å². The summed E-state index contributed by atoms with van der Waals surface area (Å²) >= 11 is 0. The van der Waals surface area contributed by atoms with Crippen molar-refractivity contribution < 1.29 is 9.59 Å². The SMILES string of the molecule is CC(=NNC(=O)C(NC(=O)c1ccccc1)c1n[nH]c(=O)c2ccccc12)c1ccccc1. The summed E-state index contributed by atoms with van der Waals surface area (Å²) in [6.07, 6.45) is 0. The summed E-state index contributed by atoms with van der Waals surface area (Å²) in [6, 6.07) is 23.5. The molecule has 0 radical (unpaired) electrons. The summed E-state index contributed by atoms with van der Waals surface area (Å²) in [6.45, 7) is 1.76. The van der Waals surface area contributed by atoms with Gasteiger partial charge in [0.05, 0.1) is 11.1 Å². The van der Waals surface area contributed by atoms with E-state index in [1.165, 1.54) is 0 Å². The van der Waals surface area contributed by atoms with Crippen LogP contribution in [0.25, 0.3) is 10.8 Å². The molecule has 3 aromatic carbocycles. The first-order valence-electron chi connectivity index (χ1n) is 10.3. The van der Waals surface area contributed by atoms with Crippen molar-refractivity contribution in [3.8, 4) is 0 Å². The maximum Gasteiger partial charge on any atom is 0.272 e. The summed E-state index contributed by atoms with van der Waals surface area (Å²) in [4.78, 5) is 38.3. The lowest BCUT2D eigenvalue weighted by Gasteiger charge is -2.18. The van der Waals surface area contributed by atoms with Crippen LogP contribution < -0.4 is 16.3 Å². The van der Waals surface area contributed by atoms with Gasteiger partial charge in [-0.2, -0.15) is 10.2 Å². The molecule has 0 aliphatic rings. The maximum absolute atomic E-state index is 13.2. The molecular weight excluding hydrogens is 418 g/mol. The minimum atomic E-state index is -1.20. The molecule has 33 heavy (non-hydrogen) atoms. The van der Waals surface area contributed by atoms with Gasteiger partial charge < -0.3 is 5.32 Å². The molecular formula is C25H21N5O3. The van der Waals surface area contributed by atoms with Gasteiger partial charge in [0.15, 0.2) is 6.04 Å². The number of hydrogen-bond acceptors (Lipinski definition) is 5. The van der Waals surface area contributed by atoms with Gasteiger partial charge in [-0.3, -0.25) is 14.4 Å². The first-order chi connectivity index (χ1) is 16.0. The number of hydrazone groups is 1. The van der Waals surface area contributed by atoms with E-state index in [1.807, 2.05) is 30.3 Å². The molecule has 0 saturated carbocycles. The molecule has 1 atom stereocenters. The molecule has 0 fully saturated rings. The molecule has 2 amide bonds. The van der Waals surface area contributed by atoms with Crippen molar-refractivity contribution in [1.82, 2.24) is 20.9 Å². The smallest absolute Gasteiger partial charge is 0.272 e. The molecule has 1 unspecified atom stereocenters. The lowest BCUT2D eigenvalue weighted by molar-refractivity contribution is -0.123. The van der Waals surface area contributed by atoms with Gasteiger partial charge in [-0.15, -0.1) is 0 Å². The third-order valence-electron chi connectivity index (χ3n) is 5.10. The van der Waals surface area contributed by atoms with E-state index in [0.717, 1.165) is 5.56 Å². The van der Waals surface area contributed by atoms with Gasteiger partial charge in [0.2, 0.25) is 0 Å². The van der Waals surface area contributed by atoms with Gasteiger partial charge in [0, 0.05) is 10.9 Å². The van der Waals surface area contributed by atoms with Gasteiger partial charge in [0.1, 0.15) is 5.69 Å². The van der Waals surface area contributed by atoms with Crippen LogP contribution in [0.5, 0.6) is 0 Å². The number of hydrogen-bond donors (Lipinski definition) is 3. The number of rotatable bonds is 6. The van der Waals surface area contributed by atoms with Crippen molar-refractivity contribution in [2.24, 2.45) is 5.10 Å². The van der Waals surface area contributed by atoms with Crippen LogP contribution in [0.2, 0.25) is 0 Å². The average Bonchev–Trinajstić information content (AvgIpc) is 2.87. The van der Waals surface area contributed by atoms with Crippen LogP contribution in [-0.2, 0) is 4.79 Å². The molecule has 4 aromatic rings. The molecule has 8 heteroatoms. The molecule has 4 rings (SSSR count). The number of nitrogens with zero attached hydrogens (tertiary/aromatic N) is 2. The lowest BCUT2D eigenvalue weighted by Crippen LogP contribution is -2.40. The Hall–Kier alpha value is -4.59. The van der Waals surface area contributed by atoms with Crippen LogP contribution in [0.3, 0.4) is 0 Å². The van der Waals surface area contributed by atoms with E-state index in [-0.39, 0.29) is 11.3 Å². The largest absolute Gasteiger partial charge is 0.335 e. The topological polar surface area (TPSA) is 116 Å². The van der Waals surface area contributed by atoms with E-state index in [1.54, 1.807) is 61.5 Å². The van der Waals surface area contributed by atoms with E-state index in [4.69, 9.17) is 0 Å². The Kier molecular flexibility index (Phi) is 6.36. The number of aromatic nitrogens is 2. The first kappa shape index (κ1) is 21.6. The highest BCUT2D eigenvalue weighted by Crippen LogP contribution is 2.20. The molecule has 1 heterocycles. The molecule has 0 bridgehead atoms. The molecule has 3 N–H and O–H groups in total. The maximum atomic E-state index is 13.2. The van der Waals surface area contributed by atoms with Crippen molar-refractivity contribution in [3.63, 3.8) is 0 Å². The van der Waals surface area contributed by atoms with E-state index in [9.17, 15) is 14.4 Å². The van der Waals surface area contributed by atoms with Crippen LogP contribution in [0, 0.1) is 0 Å². The average molecular weight is 439 g/mol. The number of amides is 2. The standard InChI is InChI=1S/C25H21N5O3/c1-16(17-10-4-2-5-11-17)27-30-25(33)22(26-23(31)18-12-6-3-7-13-18)21-19-14-8-9-15-20(19)24(32)29-28-21/h2-15,22H,1H3,(H,26,31)(H,29,32)(H,30,33). The monoisotopic (exact) mass is 439 g/mol. The second kappa shape index (κ2) is 9.69. The fraction of sp³-hybridized carbons (Fsp3) is 0.0800. The van der Waals surface area contributed by atoms with Gasteiger partial charge >= 0.3 is 0 Å². The number of carbonyl (C=O) groups is 2. The highest BCUT2D eigenvalue weighted by molar-refractivity contribution is 6.01. The highest BCUT2D eigenvalue weighted by atomic mass is 16.2. The summed E-state index contributed by atoms with van der Waals surface area (Å²) in [5.74, 6) is -1.06. The summed E-state index contributed by atoms with van der Waals surface area (Å²) in [5, 5.41) is 14.2. The van der Waals surface area contributed by atoms with Crippen LogP contribution >= 0.6 is 0 Å². The number of nitrogens with one attached hydrogen (secondary N) is 3. The zero-order valence-corrected chi connectivity index (χ0v) is 17.8. The van der Waals surface area contributed by atoms with Gasteiger partial charge in [-0.05, 0) is 30.7 Å². The number of fused-ring (bicyclic) bond motifs is 1. The van der Waals surface area contributed by atoms with E-state index in [0.29, 0.717) is 22.0 Å². The molecule has 164 valence electrons. The third-order valence-corrected chi connectivity index (χ3v) is 5.10. The molecule has 0 aliphatic heterocycles. The first-order valence-corrected chi connectivity index (χ1v) is 10.3. The predicted octanol–water partition coefficient (Wildman–Crippen LogP) is 2.93. The van der Waals surface area contributed by atoms with Crippen LogP contribution in [0.15, 0.2) is 94.8 Å². The third kappa shape index (κ3) is 4.85.